The van der Waals surface area contributed by atoms with Gasteiger partial charge in [0.2, 0.25) is 0 Å². The fourth-order valence-electron chi connectivity index (χ4n) is 7.75. The summed E-state index contributed by atoms with van der Waals surface area (Å²) < 4.78 is 10.1. The van der Waals surface area contributed by atoms with Crippen molar-refractivity contribution in [3.8, 4) is 32.8 Å². The second-order valence-electron chi connectivity index (χ2n) is 13.5. The molecule has 0 fully saturated rings. The van der Waals surface area contributed by atoms with Crippen molar-refractivity contribution in [2.24, 2.45) is 0 Å². The molecular weight excluding hydrogens is 697 g/mol. The number of para-hydroxylation sites is 1. The maximum atomic E-state index is 6.37. The number of furan rings is 1. The number of hydrogen-bond acceptors (Lipinski definition) is 5. The summed E-state index contributed by atoms with van der Waals surface area (Å²) in [5, 5.41) is 5.76. The zero-order valence-corrected chi connectivity index (χ0v) is 30.6. The molecule has 0 radical (unpaired) electrons. The third kappa shape index (κ3) is 5.12. The van der Waals surface area contributed by atoms with Crippen molar-refractivity contribution < 1.29 is 4.42 Å². The normalized spacial score (nSPS) is 11.7. The van der Waals surface area contributed by atoms with Crippen LogP contribution in [0.1, 0.15) is 0 Å². The molecule has 0 spiro atoms. The van der Waals surface area contributed by atoms with Crippen LogP contribution in [0, 0.1) is 0 Å². The highest BCUT2D eigenvalue weighted by Crippen LogP contribution is 2.45. The summed E-state index contributed by atoms with van der Waals surface area (Å²) in [5.74, 6) is 0. The van der Waals surface area contributed by atoms with Crippen LogP contribution in [0.3, 0.4) is 0 Å². The summed E-state index contributed by atoms with van der Waals surface area (Å²) in [5.41, 5.74) is 11.8. The van der Waals surface area contributed by atoms with E-state index >= 15 is 0 Å². The SMILES string of the molecule is c1ccc(-c2nc3c(ccc4oc5ccc(-c6ccc(N(c7ccc8c(c7)sc7ccccc78)c7ccccc7-c7ccccc7)cc6)cc5c43)s2)cc1. The number of benzene rings is 8. The molecule has 0 aliphatic carbocycles. The summed E-state index contributed by atoms with van der Waals surface area (Å²) >= 11 is 3.57. The zero-order chi connectivity index (χ0) is 35.6. The van der Waals surface area contributed by atoms with Crippen molar-refractivity contribution in [3.63, 3.8) is 0 Å². The first-order valence-corrected chi connectivity index (χ1v) is 19.7. The van der Waals surface area contributed by atoms with Crippen LogP contribution in [0.4, 0.5) is 17.1 Å². The number of aromatic nitrogens is 1. The van der Waals surface area contributed by atoms with Gasteiger partial charge in [-0.05, 0) is 77.4 Å². The largest absolute Gasteiger partial charge is 0.456 e. The molecule has 54 heavy (non-hydrogen) atoms. The van der Waals surface area contributed by atoms with E-state index in [4.69, 9.17) is 9.40 Å². The predicted octanol–water partition coefficient (Wildman–Crippen LogP) is 15.0. The molecule has 0 N–H and O–H groups in total. The van der Waals surface area contributed by atoms with Crippen molar-refractivity contribution in [1.82, 2.24) is 4.98 Å². The Kier molecular flexibility index (Phi) is 7.22. The van der Waals surface area contributed by atoms with Crippen molar-refractivity contribution in [2.45, 2.75) is 0 Å². The Morgan fingerprint density at radius 1 is 0.426 bits per heavy atom. The van der Waals surface area contributed by atoms with Crippen LogP contribution >= 0.6 is 22.7 Å². The van der Waals surface area contributed by atoms with E-state index in [1.54, 1.807) is 11.3 Å². The van der Waals surface area contributed by atoms with Crippen LogP contribution in [-0.4, -0.2) is 4.98 Å². The van der Waals surface area contributed by atoms with Gasteiger partial charge in [0.1, 0.15) is 16.2 Å². The molecule has 0 saturated carbocycles. The summed E-state index contributed by atoms with van der Waals surface area (Å²) in [6, 6.07) is 65.0. The Hall–Kier alpha value is -6.53. The van der Waals surface area contributed by atoms with Crippen LogP contribution in [0.2, 0.25) is 0 Å². The fourth-order valence-corrected chi connectivity index (χ4v) is 9.87. The highest BCUT2D eigenvalue weighted by molar-refractivity contribution is 7.25. The third-order valence-electron chi connectivity index (χ3n) is 10.3. The highest BCUT2D eigenvalue weighted by atomic mass is 32.1. The van der Waals surface area contributed by atoms with Crippen molar-refractivity contribution in [2.75, 3.05) is 4.90 Å². The molecular formula is C49H30N2OS2. The lowest BCUT2D eigenvalue weighted by atomic mass is 10.00. The van der Waals surface area contributed by atoms with Gasteiger partial charge in [-0.25, -0.2) is 4.98 Å². The molecule has 0 aliphatic heterocycles. The molecule has 0 aliphatic rings. The Labute approximate surface area is 319 Å². The first-order valence-electron chi connectivity index (χ1n) is 18.0. The molecule has 3 heterocycles. The standard InChI is InChI=1S/C49H30N2OS2/c1-3-11-32(12-4-1)37-15-7-9-17-41(37)51(36-24-25-39-38-16-8-10-18-44(38)53-46(39)30-36)35-22-19-31(20-23-35)34-21-26-42-40(29-34)47-43(52-42)27-28-45-48(47)50-49(54-45)33-13-5-2-6-14-33/h1-30H. The van der Waals surface area contributed by atoms with Gasteiger partial charge < -0.3 is 9.32 Å². The third-order valence-corrected chi connectivity index (χ3v) is 12.5. The Balaban J connectivity index is 1.03. The van der Waals surface area contributed by atoms with Gasteiger partial charge in [-0.2, -0.15) is 0 Å². The maximum absolute atomic E-state index is 6.37. The minimum Gasteiger partial charge on any atom is -0.456 e. The van der Waals surface area contributed by atoms with Crippen molar-refractivity contribution in [1.29, 1.82) is 0 Å². The van der Waals surface area contributed by atoms with E-state index in [1.165, 1.54) is 31.3 Å². The van der Waals surface area contributed by atoms with Gasteiger partial charge in [0.25, 0.3) is 0 Å². The molecule has 0 bridgehead atoms. The molecule has 11 aromatic rings. The van der Waals surface area contributed by atoms with E-state index < -0.39 is 0 Å². The number of thiophene rings is 1. The number of fused-ring (bicyclic) bond motifs is 8. The highest BCUT2D eigenvalue weighted by Gasteiger charge is 2.20. The van der Waals surface area contributed by atoms with Crippen LogP contribution in [0.15, 0.2) is 186 Å². The van der Waals surface area contributed by atoms with Gasteiger partial charge in [-0.1, -0.05) is 121 Å². The van der Waals surface area contributed by atoms with E-state index in [2.05, 4.69) is 181 Å². The molecule has 0 unspecified atom stereocenters. The molecule has 0 saturated heterocycles. The molecule has 254 valence electrons. The molecule has 0 amide bonds. The Morgan fingerprint density at radius 2 is 1.11 bits per heavy atom. The summed E-state index contributed by atoms with van der Waals surface area (Å²) in [6.07, 6.45) is 0. The molecule has 5 heteroatoms. The van der Waals surface area contributed by atoms with Crippen LogP contribution in [0.25, 0.3) is 85.2 Å². The summed E-state index contributed by atoms with van der Waals surface area (Å²) in [4.78, 5) is 7.53. The number of nitrogens with zero attached hydrogens (tertiary/aromatic N) is 2. The zero-order valence-electron chi connectivity index (χ0n) is 28.9. The van der Waals surface area contributed by atoms with Gasteiger partial charge in [0.15, 0.2) is 0 Å². The minimum absolute atomic E-state index is 0.859. The summed E-state index contributed by atoms with van der Waals surface area (Å²) in [7, 11) is 0. The van der Waals surface area contributed by atoms with E-state index in [1.807, 2.05) is 17.4 Å². The van der Waals surface area contributed by atoms with Gasteiger partial charge in [-0.3, -0.25) is 0 Å². The van der Waals surface area contributed by atoms with Crippen LogP contribution in [0.5, 0.6) is 0 Å². The lowest BCUT2D eigenvalue weighted by molar-refractivity contribution is 0.669. The number of thiazole rings is 1. The predicted molar refractivity (Wildman–Crippen MR) is 231 cm³/mol. The second kappa shape index (κ2) is 12.6. The quantitative estimate of drug-likeness (QED) is 0.171. The van der Waals surface area contributed by atoms with Crippen molar-refractivity contribution in [3.05, 3.63) is 182 Å². The smallest absolute Gasteiger partial charge is 0.137 e. The minimum atomic E-state index is 0.859. The maximum Gasteiger partial charge on any atom is 0.137 e. The molecule has 0 atom stereocenters. The van der Waals surface area contributed by atoms with Gasteiger partial charge in [0.05, 0.1) is 21.3 Å². The molecule has 3 nitrogen and oxygen atoms in total. The van der Waals surface area contributed by atoms with E-state index in [9.17, 15) is 0 Å². The lowest BCUT2D eigenvalue weighted by Gasteiger charge is -2.28. The molecule has 11 rings (SSSR count). The molecule has 8 aromatic carbocycles. The van der Waals surface area contributed by atoms with Crippen LogP contribution < -0.4 is 4.90 Å². The lowest BCUT2D eigenvalue weighted by Crippen LogP contribution is -2.11. The van der Waals surface area contributed by atoms with E-state index in [0.29, 0.717) is 0 Å². The van der Waals surface area contributed by atoms with Gasteiger partial charge in [0, 0.05) is 48.1 Å². The average molecular weight is 727 g/mol. The average Bonchev–Trinajstić information content (AvgIpc) is 3.95. The first kappa shape index (κ1) is 31.0. The van der Waals surface area contributed by atoms with Crippen molar-refractivity contribution >= 4 is 92.1 Å². The topological polar surface area (TPSA) is 29.3 Å². The monoisotopic (exact) mass is 726 g/mol. The number of hydrogen-bond donors (Lipinski definition) is 0. The Morgan fingerprint density at radius 3 is 1.96 bits per heavy atom. The molecule has 3 aromatic heterocycles. The fraction of sp³-hybridized carbons (Fsp3) is 0. The Bertz CT molecular complexity index is 3160. The number of rotatable bonds is 6. The summed E-state index contributed by atoms with van der Waals surface area (Å²) in [6.45, 7) is 0. The van der Waals surface area contributed by atoms with Gasteiger partial charge in [-0.15, -0.1) is 22.7 Å². The van der Waals surface area contributed by atoms with Gasteiger partial charge >= 0.3 is 0 Å². The van der Waals surface area contributed by atoms with E-state index in [-0.39, 0.29) is 0 Å². The first-order chi connectivity index (χ1) is 26.7. The van der Waals surface area contributed by atoms with E-state index in [0.717, 1.165) is 70.9 Å². The second-order valence-corrected chi connectivity index (χ2v) is 15.6. The number of anilines is 3. The van der Waals surface area contributed by atoms with Crippen LogP contribution in [-0.2, 0) is 0 Å².